The number of nitrogens with one attached hydrogen (secondary N) is 1. The van der Waals surface area contributed by atoms with E-state index < -0.39 is 0 Å². The van der Waals surface area contributed by atoms with Crippen molar-refractivity contribution in [3.05, 3.63) is 17.5 Å². The van der Waals surface area contributed by atoms with E-state index in [4.69, 9.17) is 5.73 Å². The lowest BCUT2D eigenvalue weighted by atomic mass is 9.67. The summed E-state index contributed by atoms with van der Waals surface area (Å²) in [5.41, 5.74) is 8.09. The highest BCUT2D eigenvalue weighted by molar-refractivity contribution is 5.95. The molecule has 2 atom stereocenters. The van der Waals surface area contributed by atoms with Crippen LogP contribution in [0.2, 0.25) is 0 Å². The molecule has 6 heteroatoms. The van der Waals surface area contributed by atoms with Crippen LogP contribution in [0.1, 0.15) is 66.9 Å². The first-order chi connectivity index (χ1) is 10.6. The van der Waals surface area contributed by atoms with Gasteiger partial charge in [-0.15, -0.1) is 12.4 Å². The maximum absolute atomic E-state index is 12.8. The van der Waals surface area contributed by atoms with Crippen molar-refractivity contribution >= 4 is 18.3 Å². The van der Waals surface area contributed by atoms with Gasteiger partial charge in [0.15, 0.2) is 0 Å². The molecular formula is C17H27ClN4O. The number of fused-ring (bicyclic) bond motifs is 2. The molecule has 0 aromatic carbocycles. The lowest BCUT2D eigenvalue weighted by Gasteiger charge is -2.45. The molecular weight excluding hydrogens is 312 g/mol. The Bertz CT molecular complexity index is 569. The fraction of sp³-hybridized carbons (Fsp3) is 0.765. The first-order valence-corrected chi connectivity index (χ1v) is 8.72. The highest BCUT2D eigenvalue weighted by Gasteiger charge is 2.41. The summed E-state index contributed by atoms with van der Waals surface area (Å²) in [6.45, 7) is 0. The molecule has 1 aromatic rings. The van der Waals surface area contributed by atoms with Gasteiger partial charge < -0.3 is 11.1 Å². The summed E-state index contributed by atoms with van der Waals surface area (Å²) < 4.78 is 1.88. The molecule has 3 aliphatic rings. The lowest BCUT2D eigenvalue weighted by Crippen LogP contribution is -2.53. The molecule has 3 aliphatic carbocycles. The van der Waals surface area contributed by atoms with Gasteiger partial charge in [-0.25, -0.2) is 0 Å². The molecule has 2 unspecified atom stereocenters. The van der Waals surface area contributed by atoms with Crippen LogP contribution in [0.15, 0.2) is 6.20 Å². The van der Waals surface area contributed by atoms with E-state index in [0.717, 1.165) is 24.1 Å². The van der Waals surface area contributed by atoms with E-state index in [1.54, 1.807) is 6.20 Å². The van der Waals surface area contributed by atoms with Crippen molar-refractivity contribution in [3.8, 4) is 0 Å². The molecule has 128 valence electrons. The average molecular weight is 339 g/mol. The van der Waals surface area contributed by atoms with Crippen LogP contribution in [0.25, 0.3) is 0 Å². The Morgan fingerprint density at radius 3 is 2.52 bits per heavy atom. The van der Waals surface area contributed by atoms with E-state index in [9.17, 15) is 4.79 Å². The smallest absolute Gasteiger partial charge is 0.255 e. The van der Waals surface area contributed by atoms with E-state index in [2.05, 4.69) is 10.4 Å². The average Bonchev–Trinajstić information content (AvgIpc) is 3.22. The second-order valence-electron chi connectivity index (χ2n) is 7.52. The molecule has 0 aliphatic heterocycles. The largest absolute Gasteiger partial charge is 0.349 e. The summed E-state index contributed by atoms with van der Waals surface area (Å²) in [4.78, 5) is 12.8. The molecule has 23 heavy (non-hydrogen) atoms. The third-order valence-corrected chi connectivity index (χ3v) is 5.87. The van der Waals surface area contributed by atoms with Gasteiger partial charge in [0.2, 0.25) is 0 Å². The van der Waals surface area contributed by atoms with Gasteiger partial charge in [-0.3, -0.25) is 9.48 Å². The molecule has 0 radical (unpaired) electrons. The molecule has 0 saturated heterocycles. The number of halogens is 1. The fourth-order valence-corrected chi connectivity index (χ4v) is 4.72. The quantitative estimate of drug-likeness (QED) is 0.888. The standard InChI is InChI=1S/C17H26N4O.ClH/c1-21-16(10-5-6-10)14(9-19-21)17(22)20-15-11-3-2-4-12(15)8-13(18)7-11;/h9-13,15H,2-8,18H2,1H3,(H,20,22);1H. The Labute approximate surface area is 143 Å². The Hall–Kier alpha value is -1.07. The Morgan fingerprint density at radius 2 is 1.91 bits per heavy atom. The third-order valence-electron chi connectivity index (χ3n) is 5.87. The van der Waals surface area contributed by atoms with Gasteiger partial charge in [0, 0.05) is 25.0 Å². The zero-order valence-corrected chi connectivity index (χ0v) is 14.5. The van der Waals surface area contributed by atoms with E-state index in [0.29, 0.717) is 29.8 Å². The summed E-state index contributed by atoms with van der Waals surface area (Å²) >= 11 is 0. The van der Waals surface area contributed by atoms with Crippen molar-refractivity contribution in [2.24, 2.45) is 24.6 Å². The minimum Gasteiger partial charge on any atom is -0.349 e. The maximum atomic E-state index is 12.8. The molecule has 0 spiro atoms. The summed E-state index contributed by atoms with van der Waals surface area (Å²) in [5.74, 6) is 1.74. The van der Waals surface area contributed by atoms with Crippen molar-refractivity contribution < 1.29 is 4.79 Å². The number of nitrogens with two attached hydrogens (primary N) is 1. The monoisotopic (exact) mass is 338 g/mol. The van der Waals surface area contributed by atoms with Crippen LogP contribution in [-0.4, -0.2) is 27.8 Å². The number of nitrogens with zero attached hydrogens (tertiary/aromatic N) is 2. The SMILES string of the molecule is Cl.Cn1ncc(C(=O)NC2C3CCCC2CC(N)C3)c1C1CC1. The van der Waals surface area contributed by atoms with E-state index in [1.807, 2.05) is 11.7 Å². The highest BCUT2D eigenvalue weighted by atomic mass is 35.5. The van der Waals surface area contributed by atoms with Crippen LogP contribution < -0.4 is 11.1 Å². The van der Waals surface area contributed by atoms with Crippen molar-refractivity contribution in [2.75, 3.05) is 0 Å². The van der Waals surface area contributed by atoms with E-state index >= 15 is 0 Å². The molecule has 1 heterocycles. The van der Waals surface area contributed by atoms with E-state index in [1.165, 1.54) is 32.1 Å². The minimum atomic E-state index is 0. The van der Waals surface area contributed by atoms with Crippen molar-refractivity contribution in [2.45, 2.75) is 62.9 Å². The second-order valence-corrected chi connectivity index (χ2v) is 7.52. The van der Waals surface area contributed by atoms with Crippen LogP contribution >= 0.6 is 12.4 Å². The van der Waals surface area contributed by atoms with Gasteiger partial charge in [0.1, 0.15) is 0 Å². The summed E-state index contributed by atoms with van der Waals surface area (Å²) in [6.07, 6.45) is 9.93. The van der Waals surface area contributed by atoms with Gasteiger partial charge in [0.05, 0.1) is 17.5 Å². The Kier molecular flexibility index (Phi) is 4.70. The van der Waals surface area contributed by atoms with Gasteiger partial charge in [0.25, 0.3) is 5.91 Å². The predicted molar refractivity (Wildman–Crippen MR) is 91.7 cm³/mol. The molecule has 3 saturated carbocycles. The fourth-order valence-electron chi connectivity index (χ4n) is 4.72. The Morgan fingerprint density at radius 1 is 1.26 bits per heavy atom. The van der Waals surface area contributed by atoms with Gasteiger partial charge in [-0.05, 0) is 50.4 Å². The number of rotatable bonds is 3. The van der Waals surface area contributed by atoms with Crippen LogP contribution in [0.3, 0.4) is 0 Å². The summed E-state index contributed by atoms with van der Waals surface area (Å²) in [6, 6.07) is 0.636. The number of aromatic nitrogens is 2. The number of aryl methyl sites for hydroxylation is 1. The molecule has 1 amide bonds. The number of amides is 1. The van der Waals surface area contributed by atoms with E-state index in [-0.39, 0.29) is 18.3 Å². The normalized spacial score (nSPS) is 33.0. The zero-order chi connectivity index (χ0) is 15.3. The highest BCUT2D eigenvalue weighted by Crippen LogP contribution is 2.42. The Balaban J connectivity index is 0.00000156. The topological polar surface area (TPSA) is 72.9 Å². The predicted octanol–water partition coefficient (Wildman–Crippen LogP) is 2.36. The van der Waals surface area contributed by atoms with Gasteiger partial charge in [-0.2, -0.15) is 5.10 Å². The van der Waals surface area contributed by atoms with Gasteiger partial charge >= 0.3 is 0 Å². The van der Waals surface area contributed by atoms with Crippen molar-refractivity contribution in [1.82, 2.24) is 15.1 Å². The zero-order valence-electron chi connectivity index (χ0n) is 13.7. The number of carbonyl (C=O) groups excluding carboxylic acids is 1. The number of hydrogen-bond acceptors (Lipinski definition) is 3. The molecule has 3 fully saturated rings. The van der Waals surface area contributed by atoms with Crippen LogP contribution in [-0.2, 0) is 7.05 Å². The molecule has 2 bridgehead atoms. The minimum absolute atomic E-state index is 0. The molecule has 4 rings (SSSR count). The summed E-state index contributed by atoms with van der Waals surface area (Å²) in [5, 5.41) is 7.66. The van der Waals surface area contributed by atoms with Gasteiger partial charge in [-0.1, -0.05) is 6.42 Å². The summed E-state index contributed by atoms with van der Waals surface area (Å²) in [7, 11) is 1.94. The van der Waals surface area contributed by atoms with Crippen LogP contribution in [0, 0.1) is 11.8 Å². The number of carbonyl (C=O) groups is 1. The van der Waals surface area contributed by atoms with Crippen LogP contribution in [0.4, 0.5) is 0 Å². The molecule has 5 nitrogen and oxygen atoms in total. The maximum Gasteiger partial charge on any atom is 0.255 e. The number of hydrogen-bond donors (Lipinski definition) is 2. The van der Waals surface area contributed by atoms with Crippen molar-refractivity contribution in [1.29, 1.82) is 0 Å². The lowest BCUT2D eigenvalue weighted by molar-refractivity contribution is 0.0755. The van der Waals surface area contributed by atoms with Crippen LogP contribution in [0.5, 0.6) is 0 Å². The third kappa shape index (κ3) is 3.13. The molecule has 1 aromatic heterocycles. The molecule has 3 N–H and O–H groups in total. The second kappa shape index (κ2) is 6.44. The first kappa shape index (κ1) is 16.8. The first-order valence-electron chi connectivity index (χ1n) is 8.72. The van der Waals surface area contributed by atoms with Crippen molar-refractivity contribution in [3.63, 3.8) is 0 Å².